The number of carbonyl (C=O) groups excluding carboxylic acids is 1. The zero-order valence-corrected chi connectivity index (χ0v) is 12.1. The quantitative estimate of drug-likeness (QED) is 0.878. The third-order valence-corrected chi connectivity index (χ3v) is 4.07. The van der Waals surface area contributed by atoms with Gasteiger partial charge >= 0.3 is 5.97 Å². The molecule has 2 rings (SSSR count). The van der Waals surface area contributed by atoms with Crippen molar-refractivity contribution >= 4 is 11.9 Å². The van der Waals surface area contributed by atoms with Gasteiger partial charge in [0.2, 0.25) is 5.91 Å². The van der Waals surface area contributed by atoms with Crippen LogP contribution in [0.1, 0.15) is 37.7 Å². The van der Waals surface area contributed by atoms with E-state index in [1.165, 1.54) is 0 Å². The molecule has 6 heteroatoms. The summed E-state index contributed by atoms with van der Waals surface area (Å²) in [6, 6.07) is 3.16. The molecule has 120 valence electrons. The van der Waals surface area contributed by atoms with E-state index in [0.717, 1.165) is 18.2 Å². The topological polar surface area (TPSA) is 66.4 Å². The number of benzene rings is 1. The summed E-state index contributed by atoms with van der Waals surface area (Å²) >= 11 is 0. The first kappa shape index (κ1) is 16.4. The van der Waals surface area contributed by atoms with Gasteiger partial charge in [-0.25, -0.2) is 8.78 Å². The third-order valence-electron chi connectivity index (χ3n) is 4.07. The van der Waals surface area contributed by atoms with Crippen LogP contribution >= 0.6 is 0 Å². The predicted molar refractivity (Wildman–Crippen MR) is 76.2 cm³/mol. The minimum absolute atomic E-state index is 0.0274. The molecule has 22 heavy (non-hydrogen) atoms. The Bertz CT molecular complexity index is 554. The third kappa shape index (κ3) is 4.51. The Morgan fingerprint density at radius 2 is 1.86 bits per heavy atom. The number of nitrogens with one attached hydrogen (secondary N) is 1. The summed E-state index contributed by atoms with van der Waals surface area (Å²) < 4.78 is 26.5. The second kappa shape index (κ2) is 7.33. The van der Waals surface area contributed by atoms with Crippen molar-refractivity contribution in [2.24, 2.45) is 5.92 Å². The normalized spacial score (nSPS) is 21.4. The van der Waals surface area contributed by atoms with Gasteiger partial charge in [-0.3, -0.25) is 9.59 Å². The molecule has 1 aromatic carbocycles. The smallest absolute Gasteiger partial charge is 0.306 e. The van der Waals surface area contributed by atoms with Crippen LogP contribution in [0.4, 0.5) is 8.78 Å². The summed E-state index contributed by atoms with van der Waals surface area (Å²) in [5, 5.41) is 11.7. The zero-order valence-electron chi connectivity index (χ0n) is 12.1. The molecule has 0 spiro atoms. The van der Waals surface area contributed by atoms with Gasteiger partial charge in [0.05, 0.1) is 5.92 Å². The predicted octanol–water partition coefficient (Wildman–Crippen LogP) is 2.66. The Morgan fingerprint density at radius 3 is 2.50 bits per heavy atom. The van der Waals surface area contributed by atoms with Crippen molar-refractivity contribution in [3.05, 3.63) is 35.4 Å². The molecule has 0 atom stereocenters. The molecule has 2 N–H and O–H groups in total. The van der Waals surface area contributed by atoms with Crippen molar-refractivity contribution < 1.29 is 23.5 Å². The van der Waals surface area contributed by atoms with E-state index in [1.807, 2.05) is 0 Å². The Hall–Kier alpha value is -1.98. The lowest BCUT2D eigenvalue weighted by atomic mass is 9.86. The van der Waals surface area contributed by atoms with Gasteiger partial charge in [0.1, 0.15) is 11.6 Å². The monoisotopic (exact) mass is 311 g/mol. The van der Waals surface area contributed by atoms with Crippen LogP contribution in [0.25, 0.3) is 0 Å². The Balaban J connectivity index is 1.77. The molecule has 1 aromatic rings. The van der Waals surface area contributed by atoms with Gasteiger partial charge in [-0.15, -0.1) is 0 Å². The number of hydrogen-bond donors (Lipinski definition) is 2. The molecule has 0 heterocycles. The van der Waals surface area contributed by atoms with Crippen LogP contribution in [-0.4, -0.2) is 23.0 Å². The second-order valence-electron chi connectivity index (χ2n) is 5.69. The molecule has 0 radical (unpaired) electrons. The first-order chi connectivity index (χ1) is 10.5. The number of rotatable bonds is 5. The Morgan fingerprint density at radius 1 is 1.18 bits per heavy atom. The van der Waals surface area contributed by atoms with Gasteiger partial charge in [0, 0.05) is 12.5 Å². The van der Waals surface area contributed by atoms with E-state index in [-0.39, 0.29) is 36.3 Å². The summed E-state index contributed by atoms with van der Waals surface area (Å²) in [6.07, 6.45) is 2.60. The Labute approximate surface area is 127 Å². The van der Waals surface area contributed by atoms with Gasteiger partial charge in [-0.2, -0.15) is 0 Å². The van der Waals surface area contributed by atoms with Crippen molar-refractivity contribution in [3.63, 3.8) is 0 Å². The lowest BCUT2D eigenvalue weighted by Gasteiger charge is -2.26. The number of amides is 1. The molecule has 4 nitrogen and oxygen atoms in total. The number of carboxylic acid groups (broad SMARTS) is 1. The second-order valence-corrected chi connectivity index (χ2v) is 5.69. The number of halogens is 2. The van der Waals surface area contributed by atoms with E-state index in [0.29, 0.717) is 25.7 Å². The number of carbonyl (C=O) groups is 2. The van der Waals surface area contributed by atoms with Gasteiger partial charge in [-0.1, -0.05) is 0 Å². The maximum Gasteiger partial charge on any atom is 0.306 e. The number of hydrogen-bond acceptors (Lipinski definition) is 2. The fourth-order valence-corrected chi connectivity index (χ4v) is 2.77. The molecule has 0 saturated heterocycles. The van der Waals surface area contributed by atoms with Gasteiger partial charge in [0.25, 0.3) is 0 Å². The van der Waals surface area contributed by atoms with Crippen molar-refractivity contribution in [3.8, 4) is 0 Å². The molecule has 1 fully saturated rings. The largest absolute Gasteiger partial charge is 0.481 e. The van der Waals surface area contributed by atoms with E-state index in [2.05, 4.69) is 5.32 Å². The average molecular weight is 311 g/mol. The number of carboxylic acids is 1. The van der Waals surface area contributed by atoms with Gasteiger partial charge in [0.15, 0.2) is 0 Å². The van der Waals surface area contributed by atoms with Crippen molar-refractivity contribution in [1.82, 2.24) is 5.32 Å². The molecule has 1 aliphatic rings. The summed E-state index contributed by atoms with van der Waals surface area (Å²) in [5.41, 5.74) is 0.185. The molecule has 0 aliphatic heterocycles. The van der Waals surface area contributed by atoms with Crippen molar-refractivity contribution in [2.45, 2.75) is 44.6 Å². The van der Waals surface area contributed by atoms with Crippen LogP contribution in [0.2, 0.25) is 0 Å². The number of aryl methyl sites for hydroxylation is 1. The fourth-order valence-electron chi connectivity index (χ4n) is 2.77. The lowest BCUT2D eigenvalue weighted by Crippen LogP contribution is -2.38. The minimum atomic E-state index is -0.786. The summed E-state index contributed by atoms with van der Waals surface area (Å²) in [4.78, 5) is 22.7. The summed E-state index contributed by atoms with van der Waals surface area (Å²) in [7, 11) is 0. The van der Waals surface area contributed by atoms with E-state index in [9.17, 15) is 18.4 Å². The van der Waals surface area contributed by atoms with Crippen molar-refractivity contribution in [2.75, 3.05) is 0 Å². The van der Waals surface area contributed by atoms with Crippen LogP contribution in [0, 0.1) is 17.6 Å². The SMILES string of the molecule is O=C(CCc1cc(F)ccc1F)NC1CCC(C(=O)O)CC1. The summed E-state index contributed by atoms with van der Waals surface area (Å²) in [6.45, 7) is 0. The van der Waals surface area contributed by atoms with Crippen LogP contribution < -0.4 is 5.32 Å². The molecule has 0 aromatic heterocycles. The van der Waals surface area contributed by atoms with E-state index in [4.69, 9.17) is 5.11 Å². The molecule has 0 bridgehead atoms. The van der Waals surface area contributed by atoms with E-state index < -0.39 is 17.6 Å². The first-order valence-corrected chi connectivity index (χ1v) is 7.42. The fraction of sp³-hybridized carbons (Fsp3) is 0.500. The average Bonchev–Trinajstić information content (AvgIpc) is 2.49. The van der Waals surface area contributed by atoms with Crippen LogP contribution in [0.15, 0.2) is 18.2 Å². The van der Waals surface area contributed by atoms with Crippen LogP contribution in [-0.2, 0) is 16.0 Å². The molecule has 1 saturated carbocycles. The lowest BCUT2D eigenvalue weighted by molar-refractivity contribution is -0.142. The van der Waals surface area contributed by atoms with Crippen molar-refractivity contribution in [1.29, 1.82) is 0 Å². The van der Waals surface area contributed by atoms with Gasteiger partial charge < -0.3 is 10.4 Å². The van der Waals surface area contributed by atoms with Gasteiger partial charge in [-0.05, 0) is 55.9 Å². The zero-order chi connectivity index (χ0) is 16.1. The molecule has 1 aliphatic carbocycles. The van der Waals surface area contributed by atoms with E-state index >= 15 is 0 Å². The highest BCUT2D eigenvalue weighted by atomic mass is 19.1. The first-order valence-electron chi connectivity index (χ1n) is 7.42. The minimum Gasteiger partial charge on any atom is -0.481 e. The number of aliphatic carboxylic acids is 1. The highest BCUT2D eigenvalue weighted by Crippen LogP contribution is 2.24. The molecular weight excluding hydrogens is 292 g/mol. The highest BCUT2D eigenvalue weighted by molar-refractivity contribution is 5.76. The van der Waals surface area contributed by atoms with Crippen LogP contribution in [0.3, 0.4) is 0 Å². The standard InChI is InChI=1S/C16H19F2NO3/c17-12-4-7-14(18)11(9-12)3-8-15(20)19-13-5-1-10(2-6-13)16(21)22/h4,7,9-10,13H,1-3,5-6,8H2,(H,19,20)(H,21,22). The highest BCUT2D eigenvalue weighted by Gasteiger charge is 2.26. The molecular formula is C16H19F2NO3. The van der Waals surface area contributed by atoms with E-state index in [1.54, 1.807) is 0 Å². The molecule has 1 amide bonds. The maximum atomic E-state index is 13.4. The maximum absolute atomic E-state index is 13.4. The molecule has 0 unspecified atom stereocenters. The Kier molecular flexibility index (Phi) is 5.46. The summed E-state index contributed by atoms with van der Waals surface area (Å²) in [5.74, 6) is -2.37. The van der Waals surface area contributed by atoms with Crippen LogP contribution in [0.5, 0.6) is 0 Å².